The van der Waals surface area contributed by atoms with E-state index in [4.69, 9.17) is 5.11 Å². The van der Waals surface area contributed by atoms with Gasteiger partial charge in [-0.05, 0) is 37.2 Å². The first-order valence-corrected chi connectivity index (χ1v) is 5.32. The van der Waals surface area contributed by atoms with Gasteiger partial charge in [-0.3, -0.25) is 0 Å². The predicted octanol–water partition coefficient (Wildman–Crippen LogP) is 0.307. The fraction of sp³-hybridized carbons (Fsp3) is 0.417. The average Bonchev–Trinajstić information content (AvgIpc) is 2.28. The van der Waals surface area contributed by atoms with Crippen LogP contribution >= 0.6 is 0 Å². The minimum Gasteiger partial charge on any atom is -0.478 e. The fourth-order valence-electron chi connectivity index (χ4n) is 1.67. The lowest BCUT2D eigenvalue weighted by molar-refractivity contribution is 0.0198. The third kappa shape index (κ3) is 3.26. The molecule has 0 bridgehead atoms. The summed E-state index contributed by atoms with van der Waals surface area (Å²) in [5.74, 6) is -1.01. The first-order chi connectivity index (χ1) is 7.97. The van der Waals surface area contributed by atoms with Gasteiger partial charge in [0.05, 0.1) is 11.7 Å². The second-order valence-electron chi connectivity index (χ2n) is 3.95. The van der Waals surface area contributed by atoms with Gasteiger partial charge in [0.2, 0.25) is 0 Å². The normalized spacial score (nSPS) is 14.4. The zero-order chi connectivity index (χ0) is 13.0. The second-order valence-corrected chi connectivity index (χ2v) is 3.95. The molecule has 0 aliphatic heterocycles. The van der Waals surface area contributed by atoms with Gasteiger partial charge in [-0.25, -0.2) is 4.79 Å². The van der Waals surface area contributed by atoms with Crippen molar-refractivity contribution < 1.29 is 20.1 Å². The molecule has 17 heavy (non-hydrogen) atoms. The van der Waals surface area contributed by atoms with Crippen molar-refractivity contribution in [1.29, 1.82) is 0 Å². The van der Waals surface area contributed by atoms with Crippen molar-refractivity contribution in [3.8, 4) is 0 Å². The number of carboxylic acid groups (broad SMARTS) is 1. The largest absolute Gasteiger partial charge is 0.478 e. The van der Waals surface area contributed by atoms with Crippen molar-refractivity contribution in [3.63, 3.8) is 0 Å². The van der Waals surface area contributed by atoms with E-state index in [-0.39, 0.29) is 12.1 Å². The lowest BCUT2D eigenvalue weighted by atomic mass is 9.97. The molecule has 0 heterocycles. The first kappa shape index (κ1) is 13.6. The molecule has 0 amide bonds. The van der Waals surface area contributed by atoms with Crippen LogP contribution in [0.25, 0.3) is 0 Å². The molecule has 94 valence electrons. The lowest BCUT2D eigenvalue weighted by Crippen LogP contribution is -2.30. The number of aromatic carboxylic acids is 1. The topological polar surface area (TPSA) is 89.8 Å². The molecule has 2 atom stereocenters. The Morgan fingerprint density at radius 1 is 1.41 bits per heavy atom. The third-order valence-electron chi connectivity index (χ3n) is 2.61. The van der Waals surface area contributed by atoms with E-state index in [9.17, 15) is 15.0 Å². The van der Waals surface area contributed by atoms with Crippen LogP contribution in [0.3, 0.4) is 0 Å². The van der Waals surface area contributed by atoms with E-state index < -0.39 is 18.2 Å². The van der Waals surface area contributed by atoms with Crippen LogP contribution in [0, 0.1) is 6.92 Å². The molecule has 1 rings (SSSR count). The molecule has 5 heteroatoms. The fourth-order valence-corrected chi connectivity index (χ4v) is 1.67. The molecular weight excluding hydrogens is 222 g/mol. The average molecular weight is 239 g/mol. The quantitative estimate of drug-likeness (QED) is 0.593. The maximum absolute atomic E-state index is 10.7. The molecule has 0 fully saturated rings. The zero-order valence-electron chi connectivity index (χ0n) is 9.84. The van der Waals surface area contributed by atoms with Crippen molar-refractivity contribution in [3.05, 3.63) is 34.9 Å². The van der Waals surface area contributed by atoms with Crippen LogP contribution in [0.15, 0.2) is 18.2 Å². The molecule has 0 aromatic heterocycles. The molecule has 5 nitrogen and oxygen atoms in total. The van der Waals surface area contributed by atoms with Crippen molar-refractivity contribution in [2.45, 2.75) is 19.1 Å². The highest BCUT2D eigenvalue weighted by Crippen LogP contribution is 2.21. The molecular formula is C12H17NO4. The number of carboxylic acids is 1. The lowest BCUT2D eigenvalue weighted by Gasteiger charge is -2.19. The Kier molecular flexibility index (Phi) is 4.62. The molecule has 2 unspecified atom stereocenters. The number of nitrogens with one attached hydrogen (secondary N) is 1. The van der Waals surface area contributed by atoms with E-state index in [0.29, 0.717) is 11.1 Å². The van der Waals surface area contributed by atoms with Gasteiger partial charge in [0.1, 0.15) is 6.10 Å². The maximum atomic E-state index is 10.7. The van der Waals surface area contributed by atoms with Crippen LogP contribution in [0.1, 0.15) is 27.6 Å². The summed E-state index contributed by atoms with van der Waals surface area (Å²) in [4.78, 5) is 10.7. The van der Waals surface area contributed by atoms with E-state index >= 15 is 0 Å². The summed E-state index contributed by atoms with van der Waals surface area (Å²) in [6.07, 6.45) is -1.94. The standard InChI is InChI=1S/C12H17NO4/c1-7-5-8(12(16)17)3-4-9(7)11(15)10(14)6-13-2/h3-5,10-11,13-15H,6H2,1-2H3,(H,16,17). The Morgan fingerprint density at radius 2 is 2.06 bits per heavy atom. The van der Waals surface area contributed by atoms with Gasteiger partial charge in [-0.2, -0.15) is 0 Å². The monoisotopic (exact) mass is 239 g/mol. The van der Waals surface area contributed by atoms with Crippen molar-refractivity contribution in [2.75, 3.05) is 13.6 Å². The number of likely N-dealkylation sites (N-methyl/N-ethyl adjacent to an activating group) is 1. The number of aryl methyl sites for hydroxylation is 1. The smallest absolute Gasteiger partial charge is 0.335 e. The zero-order valence-corrected chi connectivity index (χ0v) is 9.84. The highest BCUT2D eigenvalue weighted by molar-refractivity contribution is 5.87. The SMILES string of the molecule is CNCC(O)C(O)c1ccc(C(=O)O)cc1C. The molecule has 0 aliphatic rings. The molecule has 0 saturated carbocycles. The van der Waals surface area contributed by atoms with Crippen LogP contribution in [0.2, 0.25) is 0 Å². The van der Waals surface area contributed by atoms with Gasteiger partial charge in [0, 0.05) is 6.54 Å². The number of aliphatic hydroxyl groups is 2. The minimum absolute atomic E-state index is 0.168. The molecule has 0 saturated heterocycles. The number of carbonyl (C=O) groups is 1. The van der Waals surface area contributed by atoms with Gasteiger partial charge >= 0.3 is 5.97 Å². The summed E-state index contributed by atoms with van der Waals surface area (Å²) in [5, 5.41) is 31.1. The second kappa shape index (κ2) is 5.77. The van der Waals surface area contributed by atoms with E-state index in [1.807, 2.05) is 0 Å². The van der Waals surface area contributed by atoms with Crippen LogP contribution in [-0.4, -0.2) is 41.0 Å². The summed E-state index contributed by atoms with van der Waals surface area (Å²) < 4.78 is 0. The van der Waals surface area contributed by atoms with Crippen LogP contribution in [-0.2, 0) is 0 Å². The van der Waals surface area contributed by atoms with Crippen LogP contribution < -0.4 is 5.32 Å². The Balaban J connectivity index is 2.95. The van der Waals surface area contributed by atoms with E-state index in [0.717, 1.165) is 0 Å². The highest BCUT2D eigenvalue weighted by Gasteiger charge is 2.19. The minimum atomic E-state index is -1.02. The van der Waals surface area contributed by atoms with E-state index in [1.54, 1.807) is 14.0 Å². The summed E-state index contributed by atoms with van der Waals surface area (Å²) in [6, 6.07) is 4.43. The van der Waals surface area contributed by atoms with E-state index in [1.165, 1.54) is 18.2 Å². The Bertz CT molecular complexity index is 405. The molecule has 1 aromatic rings. The van der Waals surface area contributed by atoms with Crippen molar-refractivity contribution >= 4 is 5.97 Å². The third-order valence-corrected chi connectivity index (χ3v) is 2.61. The molecule has 1 aromatic carbocycles. The van der Waals surface area contributed by atoms with Crippen LogP contribution in [0.4, 0.5) is 0 Å². The van der Waals surface area contributed by atoms with Gasteiger partial charge in [0.25, 0.3) is 0 Å². The Morgan fingerprint density at radius 3 is 2.53 bits per heavy atom. The van der Waals surface area contributed by atoms with Crippen molar-refractivity contribution in [2.24, 2.45) is 0 Å². The Labute approximate surface area is 99.7 Å². The first-order valence-electron chi connectivity index (χ1n) is 5.32. The van der Waals surface area contributed by atoms with Gasteiger partial charge in [0.15, 0.2) is 0 Å². The summed E-state index contributed by atoms with van der Waals surface area (Å²) >= 11 is 0. The number of hydrogen-bond acceptors (Lipinski definition) is 4. The summed E-state index contributed by atoms with van der Waals surface area (Å²) in [7, 11) is 1.68. The van der Waals surface area contributed by atoms with E-state index in [2.05, 4.69) is 5.32 Å². The molecule has 4 N–H and O–H groups in total. The van der Waals surface area contributed by atoms with Crippen LogP contribution in [0.5, 0.6) is 0 Å². The Hall–Kier alpha value is -1.43. The van der Waals surface area contributed by atoms with Gasteiger partial charge in [-0.1, -0.05) is 6.07 Å². The maximum Gasteiger partial charge on any atom is 0.335 e. The highest BCUT2D eigenvalue weighted by atomic mass is 16.4. The summed E-state index contributed by atoms with van der Waals surface area (Å²) in [6.45, 7) is 1.97. The number of hydrogen-bond donors (Lipinski definition) is 4. The molecule has 0 aliphatic carbocycles. The number of aliphatic hydroxyl groups excluding tert-OH is 2. The predicted molar refractivity (Wildman–Crippen MR) is 63.0 cm³/mol. The summed E-state index contributed by atoms with van der Waals surface area (Å²) in [5.41, 5.74) is 1.35. The molecule has 0 radical (unpaired) electrons. The number of rotatable bonds is 5. The number of benzene rings is 1. The molecule has 0 spiro atoms. The van der Waals surface area contributed by atoms with Gasteiger partial charge in [-0.15, -0.1) is 0 Å². The van der Waals surface area contributed by atoms with Crippen molar-refractivity contribution in [1.82, 2.24) is 5.32 Å². The van der Waals surface area contributed by atoms with Gasteiger partial charge < -0.3 is 20.6 Å².